The van der Waals surface area contributed by atoms with E-state index < -0.39 is 12.0 Å². The number of hydrogen-bond donors (Lipinski definition) is 2. The number of hydrogen-bond acceptors (Lipinski definition) is 2. The summed E-state index contributed by atoms with van der Waals surface area (Å²) in [5, 5.41) is 10.7. The van der Waals surface area contributed by atoms with Gasteiger partial charge in [0, 0.05) is 22.2 Å². The van der Waals surface area contributed by atoms with E-state index in [9.17, 15) is 9.90 Å². The van der Waals surface area contributed by atoms with Crippen molar-refractivity contribution in [2.45, 2.75) is 25.8 Å². The van der Waals surface area contributed by atoms with E-state index in [0.29, 0.717) is 0 Å². The van der Waals surface area contributed by atoms with E-state index >= 15 is 0 Å². The monoisotopic (exact) mass is 258 g/mol. The van der Waals surface area contributed by atoms with Gasteiger partial charge in [-0.1, -0.05) is 18.2 Å². The molecule has 0 saturated carbocycles. The van der Waals surface area contributed by atoms with Crippen LogP contribution in [0, 0.1) is 6.92 Å². The van der Waals surface area contributed by atoms with Crippen molar-refractivity contribution in [2.75, 3.05) is 13.1 Å². The number of nitrogens with zero attached hydrogens (tertiary/aromatic N) is 1. The lowest BCUT2D eigenvalue weighted by Crippen LogP contribution is -2.32. The van der Waals surface area contributed by atoms with E-state index in [1.165, 1.54) is 0 Å². The number of aliphatic carboxylic acids is 1. The average molecular weight is 258 g/mol. The summed E-state index contributed by atoms with van der Waals surface area (Å²) in [4.78, 5) is 17.1. The highest BCUT2D eigenvalue weighted by Crippen LogP contribution is 2.33. The van der Waals surface area contributed by atoms with Crippen LogP contribution in [0.25, 0.3) is 10.9 Å². The number of carboxylic acids is 1. The molecule has 0 bridgehead atoms. The Morgan fingerprint density at radius 1 is 1.32 bits per heavy atom. The molecule has 3 rings (SSSR count). The van der Waals surface area contributed by atoms with Gasteiger partial charge in [-0.3, -0.25) is 9.69 Å². The van der Waals surface area contributed by atoms with Gasteiger partial charge in [0.1, 0.15) is 6.04 Å². The molecular formula is C15H18N2O2. The number of likely N-dealkylation sites (tertiary alicyclic amines) is 1. The highest BCUT2D eigenvalue weighted by molar-refractivity contribution is 5.90. The quantitative estimate of drug-likeness (QED) is 0.890. The molecule has 1 atom stereocenters. The molecule has 0 radical (unpaired) electrons. The molecule has 2 aromatic rings. The molecule has 1 aliphatic rings. The van der Waals surface area contributed by atoms with Crippen LogP contribution in [0.4, 0.5) is 0 Å². The zero-order valence-corrected chi connectivity index (χ0v) is 11.0. The summed E-state index contributed by atoms with van der Waals surface area (Å²) in [7, 11) is 0. The number of carbonyl (C=O) groups is 1. The lowest BCUT2D eigenvalue weighted by Gasteiger charge is -2.24. The largest absolute Gasteiger partial charge is 0.480 e. The number of nitrogens with one attached hydrogen (secondary N) is 1. The SMILES string of the molecule is Cc1[nH]c2ccccc2c1C(C(=O)O)N1CCCC1. The molecule has 0 spiro atoms. The Hall–Kier alpha value is -1.81. The summed E-state index contributed by atoms with van der Waals surface area (Å²) in [5.74, 6) is -0.755. The Morgan fingerprint density at radius 2 is 2.00 bits per heavy atom. The molecule has 1 fully saturated rings. The predicted molar refractivity (Wildman–Crippen MR) is 74.2 cm³/mol. The molecule has 1 aromatic heterocycles. The molecule has 4 heteroatoms. The minimum Gasteiger partial charge on any atom is -0.480 e. The van der Waals surface area contributed by atoms with E-state index in [1.54, 1.807) is 0 Å². The number of fused-ring (bicyclic) bond motifs is 1. The van der Waals surface area contributed by atoms with Crippen molar-refractivity contribution < 1.29 is 9.90 Å². The van der Waals surface area contributed by atoms with E-state index in [2.05, 4.69) is 9.88 Å². The first-order valence-electron chi connectivity index (χ1n) is 6.72. The van der Waals surface area contributed by atoms with Gasteiger partial charge in [0.15, 0.2) is 0 Å². The zero-order chi connectivity index (χ0) is 13.4. The van der Waals surface area contributed by atoms with Crippen LogP contribution in [0.1, 0.15) is 30.1 Å². The normalized spacial score (nSPS) is 17.9. The van der Waals surface area contributed by atoms with Crippen LogP contribution >= 0.6 is 0 Å². The van der Waals surface area contributed by atoms with Gasteiger partial charge in [-0.15, -0.1) is 0 Å². The molecule has 1 unspecified atom stereocenters. The Bertz CT molecular complexity index is 612. The van der Waals surface area contributed by atoms with Crippen LogP contribution < -0.4 is 0 Å². The second-order valence-corrected chi connectivity index (χ2v) is 5.19. The van der Waals surface area contributed by atoms with Crippen LogP contribution in [0.3, 0.4) is 0 Å². The van der Waals surface area contributed by atoms with Crippen molar-refractivity contribution in [1.82, 2.24) is 9.88 Å². The number of aryl methyl sites for hydroxylation is 1. The molecule has 2 heterocycles. The van der Waals surface area contributed by atoms with Gasteiger partial charge in [-0.05, 0) is 38.9 Å². The number of H-pyrrole nitrogens is 1. The smallest absolute Gasteiger partial charge is 0.325 e. The van der Waals surface area contributed by atoms with Gasteiger partial charge in [-0.2, -0.15) is 0 Å². The van der Waals surface area contributed by atoms with Gasteiger partial charge >= 0.3 is 5.97 Å². The first kappa shape index (κ1) is 12.2. The van der Waals surface area contributed by atoms with Gasteiger partial charge in [0.2, 0.25) is 0 Å². The van der Waals surface area contributed by atoms with Gasteiger partial charge in [0.25, 0.3) is 0 Å². The third-order valence-electron chi connectivity index (χ3n) is 3.96. The molecule has 4 nitrogen and oxygen atoms in total. The van der Waals surface area contributed by atoms with Crippen molar-refractivity contribution in [2.24, 2.45) is 0 Å². The molecule has 100 valence electrons. The highest BCUT2D eigenvalue weighted by Gasteiger charge is 2.32. The Kier molecular flexibility index (Phi) is 3.03. The summed E-state index contributed by atoms with van der Waals surface area (Å²) < 4.78 is 0. The zero-order valence-electron chi connectivity index (χ0n) is 11.0. The van der Waals surface area contributed by atoms with Crippen LogP contribution in [0.15, 0.2) is 24.3 Å². The van der Waals surface area contributed by atoms with E-state index in [1.807, 2.05) is 31.2 Å². The number of carboxylic acid groups (broad SMARTS) is 1. The maximum absolute atomic E-state index is 11.7. The van der Waals surface area contributed by atoms with Crippen molar-refractivity contribution in [1.29, 1.82) is 0 Å². The lowest BCUT2D eigenvalue weighted by atomic mass is 10.0. The Morgan fingerprint density at radius 3 is 2.68 bits per heavy atom. The summed E-state index contributed by atoms with van der Waals surface area (Å²) in [6.07, 6.45) is 2.18. The number of aromatic amines is 1. The van der Waals surface area contributed by atoms with Crippen LogP contribution in [-0.4, -0.2) is 34.0 Å². The number of para-hydroxylation sites is 1. The topological polar surface area (TPSA) is 56.3 Å². The molecule has 1 aliphatic heterocycles. The summed E-state index contributed by atoms with van der Waals surface area (Å²) in [6.45, 7) is 3.70. The fraction of sp³-hybridized carbons (Fsp3) is 0.400. The van der Waals surface area contributed by atoms with Crippen molar-refractivity contribution in [3.8, 4) is 0 Å². The average Bonchev–Trinajstić information content (AvgIpc) is 2.99. The van der Waals surface area contributed by atoms with Crippen molar-refractivity contribution >= 4 is 16.9 Å². The van der Waals surface area contributed by atoms with E-state index in [4.69, 9.17) is 0 Å². The molecule has 2 N–H and O–H groups in total. The first-order chi connectivity index (χ1) is 9.18. The van der Waals surface area contributed by atoms with Crippen molar-refractivity contribution in [3.05, 3.63) is 35.5 Å². The second kappa shape index (κ2) is 4.70. The van der Waals surface area contributed by atoms with Crippen LogP contribution in [-0.2, 0) is 4.79 Å². The molecule has 1 saturated heterocycles. The number of benzene rings is 1. The Balaban J connectivity index is 2.14. The predicted octanol–water partition coefficient (Wildman–Crippen LogP) is 2.70. The second-order valence-electron chi connectivity index (χ2n) is 5.19. The maximum atomic E-state index is 11.7. The molecule has 0 aliphatic carbocycles. The standard InChI is InChI=1S/C15H18N2O2/c1-10-13(11-6-2-3-7-12(11)16-10)14(15(18)19)17-8-4-5-9-17/h2-3,6-7,14,16H,4-5,8-9H2,1H3,(H,18,19). The fourth-order valence-corrected chi connectivity index (χ4v) is 3.11. The molecule has 0 amide bonds. The molecular weight excluding hydrogens is 240 g/mol. The number of aromatic nitrogens is 1. The summed E-state index contributed by atoms with van der Waals surface area (Å²) in [6, 6.07) is 7.39. The minimum atomic E-state index is -0.755. The van der Waals surface area contributed by atoms with Gasteiger partial charge in [0.05, 0.1) is 0 Å². The minimum absolute atomic E-state index is 0.529. The van der Waals surface area contributed by atoms with Gasteiger partial charge < -0.3 is 10.1 Å². The summed E-state index contributed by atoms with van der Waals surface area (Å²) >= 11 is 0. The lowest BCUT2D eigenvalue weighted by molar-refractivity contribution is -0.143. The van der Waals surface area contributed by atoms with Gasteiger partial charge in [-0.25, -0.2) is 0 Å². The number of rotatable bonds is 3. The first-order valence-corrected chi connectivity index (χ1v) is 6.72. The molecule has 19 heavy (non-hydrogen) atoms. The molecule has 1 aromatic carbocycles. The van der Waals surface area contributed by atoms with E-state index in [0.717, 1.165) is 48.1 Å². The van der Waals surface area contributed by atoms with Crippen molar-refractivity contribution in [3.63, 3.8) is 0 Å². The third-order valence-corrected chi connectivity index (χ3v) is 3.96. The fourth-order valence-electron chi connectivity index (χ4n) is 3.11. The van der Waals surface area contributed by atoms with E-state index in [-0.39, 0.29) is 0 Å². The summed E-state index contributed by atoms with van der Waals surface area (Å²) in [5.41, 5.74) is 2.89. The Labute approximate surface area is 112 Å². The third kappa shape index (κ3) is 2.02. The van der Waals surface area contributed by atoms with Crippen LogP contribution in [0.2, 0.25) is 0 Å². The highest BCUT2D eigenvalue weighted by atomic mass is 16.4. The maximum Gasteiger partial charge on any atom is 0.325 e. The van der Waals surface area contributed by atoms with Crippen LogP contribution in [0.5, 0.6) is 0 Å².